The zero-order valence-corrected chi connectivity index (χ0v) is 12.5. The molecule has 0 radical (unpaired) electrons. The smallest absolute Gasteiger partial charge is 0.408 e. The standard InChI is InChI=1S/C15H19NO6/c1-3-20-13(17)10-21-14(18)11(2)16-15(19)22-9-12-7-5-4-6-8-12/h4-8,11H,3,9-10H2,1-2H3,(H,16,19)/t11-/m0/s1. The summed E-state index contributed by atoms with van der Waals surface area (Å²) in [5.74, 6) is -1.39. The predicted octanol–water partition coefficient (Wildman–Crippen LogP) is 1.41. The first-order valence-electron chi connectivity index (χ1n) is 6.82. The fourth-order valence-electron chi connectivity index (χ4n) is 1.46. The van der Waals surface area contributed by atoms with E-state index in [0.29, 0.717) is 0 Å². The highest BCUT2D eigenvalue weighted by atomic mass is 16.6. The number of alkyl carbamates (subject to hydrolysis) is 1. The molecule has 0 aliphatic rings. The molecule has 0 heterocycles. The number of esters is 2. The summed E-state index contributed by atoms with van der Waals surface area (Å²) in [7, 11) is 0. The fraction of sp³-hybridized carbons (Fsp3) is 0.400. The van der Waals surface area contributed by atoms with Gasteiger partial charge in [0.1, 0.15) is 12.6 Å². The third kappa shape index (κ3) is 6.74. The molecule has 120 valence electrons. The largest absolute Gasteiger partial charge is 0.463 e. The first kappa shape index (κ1) is 17.5. The molecule has 1 rings (SSSR count). The molecule has 0 aliphatic heterocycles. The van der Waals surface area contributed by atoms with Crippen LogP contribution in [-0.2, 0) is 30.4 Å². The lowest BCUT2D eigenvalue weighted by Gasteiger charge is -2.13. The number of carbonyl (C=O) groups excluding carboxylic acids is 3. The zero-order valence-electron chi connectivity index (χ0n) is 12.5. The van der Waals surface area contributed by atoms with Gasteiger partial charge in [0.05, 0.1) is 6.61 Å². The molecule has 1 aromatic rings. The molecule has 7 nitrogen and oxygen atoms in total. The van der Waals surface area contributed by atoms with Gasteiger partial charge in [-0.1, -0.05) is 30.3 Å². The Kier molecular flexibility index (Phi) is 7.45. The Labute approximate surface area is 128 Å². The van der Waals surface area contributed by atoms with Crippen LogP contribution in [0.15, 0.2) is 30.3 Å². The first-order valence-corrected chi connectivity index (χ1v) is 6.82. The number of hydrogen-bond acceptors (Lipinski definition) is 6. The van der Waals surface area contributed by atoms with E-state index < -0.39 is 30.7 Å². The maximum Gasteiger partial charge on any atom is 0.408 e. The van der Waals surface area contributed by atoms with Crippen LogP contribution >= 0.6 is 0 Å². The molecular weight excluding hydrogens is 290 g/mol. The van der Waals surface area contributed by atoms with Crippen molar-refractivity contribution in [3.63, 3.8) is 0 Å². The van der Waals surface area contributed by atoms with Crippen LogP contribution < -0.4 is 5.32 Å². The minimum absolute atomic E-state index is 0.0945. The van der Waals surface area contributed by atoms with E-state index in [1.165, 1.54) is 6.92 Å². The van der Waals surface area contributed by atoms with Crippen LogP contribution in [0.5, 0.6) is 0 Å². The molecule has 22 heavy (non-hydrogen) atoms. The van der Waals surface area contributed by atoms with Gasteiger partial charge in [0, 0.05) is 0 Å². The molecule has 7 heteroatoms. The molecule has 0 bridgehead atoms. The maximum atomic E-state index is 11.6. The van der Waals surface area contributed by atoms with Crippen molar-refractivity contribution in [2.45, 2.75) is 26.5 Å². The summed E-state index contributed by atoms with van der Waals surface area (Å²) in [5, 5.41) is 2.32. The second kappa shape index (κ2) is 9.38. The Balaban J connectivity index is 2.28. The van der Waals surface area contributed by atoms with Crippen molar-refractivity contribution in [2.24, 2.45) is 0 Å². The van der Waals surface area contributed by atoms with E-state index in [1.807, 2.05) is 30.3 Å². The van der Waals surface area contributed by atoms with Gasteiger partial charge in [-0.25, -0.2) is 14.4 Å². The Hall–Kier alpha value is -2.57. The SMILES string of the molecule is CCOC(=O)COC(=O)[C@H](C)NC(=O)OCc1ccccc1. The van der Waals surface area contributed by atoms with Crippen LogP contribution in [0.25, 0.3) is 0 Å². The number of nitrogens with one attached hydrogen (secondary N) is 1. The average molecular weight is 309 g/mol. The summed E-state index contributed by atoms with van der Waals surface area (Å²) in [6.45, 7) is 2.88. The molecule has 0 saturated carbocycles. The van der Waals surface area contributed by atoms with E-state index in [4.69, 9.17) is 9.47 Å². The van der Waals surface area contributed by atoms with Crippen molar-refractivity contribution in [2.75, 3.05) is 13.2 Å². The predicted molar refractivity (Wildman–Crippen MR) is 76.8 cm³/mol. The van der Waals surface area contributed by atoms with Gasteiger partial charge in [-0.3, -0.25) is 0 Å². The molecule has 1 atom stereocenters. The van der Waals surface area contributed by atoms with Gasteiger partial charge in [0.15, 0.2) is 6.61 Å². The van der Waals surface area contributed by atoms with Crippen LogP contribution in [0.2, 0.25) is 0 Å². The molecule has 0 unspecified atom stereocenters. The third-order valence-electron chi connectivity index (χ3n) is 2.54. The second-order valence-corrected chi connectivity index (χ2v) is 4.34. The lowest BCUT2D eigenvalue weighted by molar-refractivity contribution is -0.159. The fourth-order valence-corrected chi connectivity index (χ4v) is 1.46. The Morgan fingerprint density at radius 3 is 2.41 bits per heavy atom. The number of ether oxygens (including phenoxy) is 3. The van der Waals surface area contributed by atoms with Gasteiger partial charge in [0.25, 0.3) is 0 Å². The van der Waals surface area contributed by atoms with Gasteiger partial charge >= 0.3 is 18.0 Å². The highest BCUT2D eigenvalue weighted by Gasteiger charge is 2.19. The molecule has 1 aromatic carbocycles. The molecule has 0 spiro atoms. The van der Waals surface area contributed by atoms with Crippen LogP contribution in [-0.4, -0.2) is 37.3 Å². The third-order valence-corrected chi connectivity index (χ3v) is 2.54. The minimum atomic E-state index is -0.933. The van der Waals surface area contributed by atoms with Crippen molar-refractivity contribution >= 4 is 18.0 Å². The normalized spacial score (nSPS) is 11.2. The number of rotatable bonds is 7. The first-order chi connectivity index (χ1) is 10.5. The van der Waals surface area contributed by atoms with Gasteiger partial charge in [-0.05, 0) is 19.4 Å². The number of amides is 1. The molecule has 0 aromatic heterocycles. The lowest BCUT2D eigenvalue weighted by atomic mass is 10.2. The Morgan fingerprint density at radius 1 is 1.09 bits per heavy atom. The summed E-state index contributed by atoms with van der Waals surface area (Å²) in [5.41, 5.74) is 0.829. The topological polar surface area (TPSA) is 90.9 Å². The average Bonchev–Trinajstić information content (AvgIpc) is 2.52. The molecular formula is C15H19NO6. The summed E-state index contributed by atoms with van der Waals surface area (Å²) >= 11 is 0. The van der Waals surface area contributed by atoms with Crippen LogP contribution in [0.1, 0.15) is 19.4 Å². The Morgan fingerprint density at radius 2 is 1.77 bits per heavy atom. The molecule has 0 fully saturated rings. The van der Waals surface area contributed by atoms with Crippen molar-refractivity contribution in [1.82, 2.24) is 5.32 Å². The molecule has 1 amide bonds. The van der Waals surface area contributed by atoms with E-state index in [9.17, 15) is 14.4 Å². The quantitative estimate of drug-likeness (QED) is 0.605. The summed E-state index contributed by atoms with van der Waals surface area (Å²) < 4.78 is 14.3. The van der Waals surface area contributed by atoms with Gasteiger partial charge < -0.3 is 19.5 Å². The maximum absolute atomic E-state index is 11.6. The summed E-state index contributed by atoms with van der Waals surface area (Å²) in [6.07, 6.45) is -0.746. The van der Waals surface area contributed by atoms with Crippen molar-refractivity contribution in [3.8, 4) is 0 Å². The molecule has 0 aliphatic carbocycles. The van der Waals surface area contributed by atoms with Crippen LogP contribution in [0.4, 0.5) is 4.79 Å². The number of hydrogen-bond donors (Lipinski definition) is 1. The highest BCUT2D eigenvalue weighted by Crippen LogP contribution is 2.01. The van der Waals surface area contributed by atoms with E-state index in [-0.39, 0.29) is 13.2 Å². The Bertz CT molecular complexity index is 502. The zero-order chi connectivity index (χ0) is 16.4. The van der Waals surface area contributed by atoms with Crippen LogP contribution in [0.3, 0.4) is 0 Å². The summed E-state index contributed by atoms with van der Waals surface area (Å²) in [4.78, 5) is 34.1. The van der Waals surface area contributed by atoms with Gasteiger partial charge in [-0.15, -0.1) is 0 Å². The van der Waals surface area contributed by atoms with E-state index >= 15 is 0 Å². The second-order valence-electron chi connectivity index (χ2n) is 4.34. The number of carbonyl (C=O) groups is 3. The molecule has 0 saturated heterocycles. The van der Waals surface area contributed by atoms with Crippen molar-refractivity contribution in [3.05, 3.63) is 35.9 Å². The molecule has 1 N–H and O–H groups in total. The van der Waals surface area contributed by atoms with E-state index in [0.717, 1.165) is 5.56 Å². The number of benzene rings is 1. The summed E-state index contributed by atoms with van der Waals surface area (Å²) in [6, 6.07) is 8.19. The lowest BCUT2D eigenvalue weighted by Crippen LogP contribution is -2.40. The van der Waals surface area contributed by atoms with Gasteiger partial charge in [0.2, 0.25) is 0 Å². The van der Waals surface area contributed by atoms with E-state index in [1.54, 1.807) is 6.92 Å². The van der Waals surface area contributed by atoms with Crippen LogP contribution in [0, 0.1) is 0 Å². The van der Waals surface area contributed by atoms with E-state index in [2.05, 4.69) is 10.1 Å². The van der Waals surface area contributed by atoms with Crippen molar-refractivity contribution in [1.29, 1.82) is 0 Å². The van der Waals surface area contributed by atoms with Gasteiger partial charge in [-0.2, -0.15) is 0 Å². The monoisotopic (exact) mass is 309 g/mol. The highest BCUT2D eigenvalue weighted by molar-refractivity contribution is 5.82. The minimum Gasteiger partial charge on any atom is -0.463 e. The van der Waals surface area contributed by atoms with Crippen molar-refractivity contribution < 1.29 is 28.6 Å².